The van der Waals surface area contributed by atoms with E-state index in [4.69, 9.17) is 4.74 Å². The summed E-state index contributed by atoms with van der Waals surface area (Å²) >= 11 is 0. The van der Waals surface area contributed by atoms with Gasteiger partial charge >= 0.3 is 0 Å². The number of fused-ring (bicyclic) bond motifs is 5. The van der Waals surface area contributed by atoms with E-state index >= 15 is 0 Å². The molecular weight excluding hydrogens is 396 g/mol. The summed E-state index contributed by atoms with van der Waals surface area (Å²) in [6.45, 7) is 12.0. The summed E-state index contributed by atoms with van der Waals surface area (Å²) in [4.78, 5) is 13.5. The summed E-state index contributed by atoms with van der Waals surface area (Å²) in [6, 6.07) is 0. The topological polar surface area (TPSA) is 44.1 Å². The van der Waals surface area contributed by atoms with Gasteiger partial charge in [0.1, 0.15) is 0 Å². The fraction of sp³-hybridized carbons (Fsp3) is 0.857. The Morgan fingerprint density at radius 2 is 1.84 bits per heavy atom. The number of hydrogen-bond donors (Lipinski definition) is 0. The van der Waals surface area contributed by atoms with Crippen LogP contribution in [-0.2, 0) is 11.3 Å². The molecule has 4 heteroatoms. The lowest BCUT2D eigenvalue weighted by atomic mass is 9.44. The minimum Gasteiger partial charge on any atom is -0.488 e. The first-order valence-electron chi connectivity index (χ1n) is 13.4. The Morgan fingerprint density at radius 3 is 2.62 bits per heavy atom. The number of nitrogens with zero attached hydrogens (tertiary/aromatic N) is 2. The highest BCUT2D eigenvalue weighted by atomic mass is 16.5. The fourth-order valence-corrected chi connectivity index (χ4v) is 9.04. The number of carbonyl (C=O) groups excluding carboxylic acids is 1. The summed E-state index contributed by atoms with van der Waals surface area (Å²) in [5.41, 5.74) is 0.745. The molecule has 1 heterocycles. The molecule has 8 unspecified atom stereocenters. The van der Waals surface area contributed by atoms with E-state index in [1.54, 1.807) is 10.9 Å². The van der Waals surface area contributed by atoms with Crippen LogP contribution in [0.1, 0.15) is 92.4 Å². The van der Waals surface area contributed by atoms with Crippen LogP contribution in [0.5, 0.6) is 5.75 Å². The maximum Gasteiger partial charge on any atom is 0.157 e. The van der Waals surface area contributed by atoms with E-state index in [1.165, 1.54) is 51.4 Å². The van der Waals surface area contributed by atoms with Gasteiger partial charge in [-0.3, -0.25) is 9.48 Å². The van der Waals surface area contributed by atoms with Crippen molar-refractivity contribution in [3.63, 3.8) is 0 Å². The van der Waals surface area contributed by atoms with Gasteiger partial charge in [-0.1, -0.05) is 27.2 Å². The van der Waals surface area contributed by atoms with Crippen molar-refractivity contribution in [1.82, 2.24) is 9.78 Å². The van der Waals surface area contributed by atoms with Gasteiger partial charge in [-0.25, -0.2) is 0 Å². The maximum atomic E-state index is 13.5. The SMILES string of the molecule is CC1CCC2(C)C(CCC3C2CCC2(C)C(C(=O)Cn4cc(OC(C)C)cn4)CCC32)C1. The molecule has 4 fully saturated rings. The predicted octanol–water partition coefficient (Wildman–Crippen LogP) is 6.53. The van der Waals surface area contributed by atoms with Gasteiger partial charge in [-0.15, -0.1) is 0 Å². The molecule has 0 aromatic carbocycles. The Bertz CT molecular complexity index is 846. The minimum atomic E-state index is 0.123. The highest BCUT2D eigenvalue weighted by Crippen LogP contribution is 2.67. The average Bonchev–Trinajstić information content (AvgIpc) is 3.31. The fourth-order valence-electron chi connectivity index (χ4n) is 9.04. The van der Waals surface area contributed by atoms with Crippen molar-refractivity contribution in [2.75, 3.05) is 0 Å². The molecule has 4 saturated carbocycles. The molecule has 0 N–H and O–H groups in total. The third kappa shape index (κ3) is 3.64. The van der Waals surface area contributed by atoms with E-state index < -0.39 is 0 Å². The number of ether oxygens (including phenoxy) is 1. The van der Waals surface area contributed by atoms with Gasteiger partial charge in [0, 0.05) is 5.92 Å². The van der Waals surface area contributed by atoms with Crippen LogP contribution in [0.25, 0.3) is 0 Å². The largest absolute Gasteiger partial charge is 0.488 e. The van der Waals surface area contributed by atoms with E-state index in [0.717, 1.165) is 41.8 Å². The summed E-state index contributed by atoms with van der Waals surface area (Å²) in [7, 11) is 0. The second-order valence-corrected chi connectivity index (χ2v) is 12.7. The predicted molar refractivity (Wildman–Crippen MR) is 127 cm³/mol. The van der Waals surface area contributed by atoms with Crippen molar-refractivity contribution in [3.8, 4) is 5.75 Å². The molecule has 1 aromatic heterocycles. The number of Topliss-reactive ketones (excluding diaryl/α,β-unsaturated/α-hetero) is 1. The molecule has 0 bridgehead atoms. The van der Waals surface area contributed by atoms with Gasteiger partial charge in [0.05, 0.1) is 25.0 Å². The van der Waals surface area contributed by atoms with Crippen LogP contribution in [0.3, 0.4) is 0 Å². The first kappa shape index (κ1) is 22.5. The van der Waals surface area contributed by atoms with Crippen molar-refractivity contribution in [2.24, 2.45) is 46.3 Å². The molecular formula is C28H44N2O2. The monoisotopic (exact) mass is 440 g/mol. The van der Waals surface area contributed by atoms with Crippen LogP contribution in [0.15, 0.2) is 12.4 Å². The molecule has 0 radical (unpaired) electrons. The van der Waals surface area contributed by atoms with E-state index in [1.807, 2.05) is 20.0 Å². The van der Waals surface area contributed by atoms with Gasteiger partial charge in [-0.2, -0.15) is 5.10 Å². The van der Waals surface area contributed by atoms with Crippen LogP contribution in [0.4, 0.5) is 0 Å². The Labute approximate surface area is 194 Å². The van der Waals surface area contributed by atoms with Gasteiger partial charge < -0.3 is 4.74 Å². The Hall–Kier alpha value is -1.32. The molecule has 4 aliphatic rings. The van der Waals surface area contributed by atoms with Crippen LogP contribution >= 0.6 is 0 Å². The zero-order valence-corrected chi connectivity index (χ0v) is 21.0. The van der Waals surface area contributed by atoms with Crippen LogP contribution in [0, 0.1) is 46.3 Å². The van der Waals surface area contributed by atoms with E-state index in [0.29, 0.717) is 17.7 Å². The molecule has 178 valence electrons. The molecule has 1 aromatic rings. The lowest BCUT2D eigenvalue weighted by Crippen LogP contribution is -2.53. The second-order valence-electron chi connectivity index (χ2n) is 12.7. The summed E-state index contributed by atoms with van der Waals surface area (Å²) in [5.74, 6) is 5.68. The molecule has 4 nitrogen and oxygen atoms in total. The molecule has 0 aliphatic heterocycles. The summed E-state index contributed by atoms with van der Waals surface area (Å²) in [5, 5.41) is 4.40. The highest BCUT2D eigenvalue weighted by Gasteiger charge is 2.60. The van der Waals surface area contributed by atoms with Crippen LogP contribution < -0.4 is 4.74 Å². The first-order valence-corrected chi connectivity index (χ1v) is 13.4. The normalized spacial score (nSPS) is 43.4. The van der Waals surface area contributed by atoms with Crippen molar-refractivity contribution in [2.45, 2.75) is 105 Å². The third-order valence-electron chi connectivity index (χ3n) is 10.6. The quantitative estimate of drug-likeness (QED) is 0.522. The first-order chi connectivity index (χ1) is 15.2. The number of hydrogen-bond acceptors (Lipinski definition) is 3. The number of rotatable bonds is 5. The molecule has 0 amide bonds. The lowest BCUT2D eigenvalue weighted by molar-refractivity contribution is -0.137. The Balaban J connectivity index is 1.29. The minimum absolute atomic E-state index is 0.123. The summed E-state index contributed by atoms with van der Waals surface area (Å²) in [6.07, 6.45) is 15.8. The van der Waals surface area contributed by atoms with E-state index in [-0.39, 0.29) is 17.4 Å². The smallest absolute Gasteiger partial charge is 0.157 e. The van der Waals surface area contributed by atoms with Crippen molar-refractivity contribution >= 4 is 5.78 Å². The lowest BCUT2D eigenvalue weighted by Gasteiger charge is -2.61. The van der Waals surface area contributed by atoms with Crippen molar-refractivity contribution in [1.29, 1.82) is 0 Å². The number of ketones is 1. The van der Waals surface area contributed by atoms with E-state index in [2.05, 4.69) is 25.9 Å². The third-order valence-corrected chi connectivity index (χ3v) is 10.6. The molecule has 32 heavy (non-hydrogen) atoms. The Kier molecular flexibility index (Phi) is 5.73. The zero-order chi connectivity index (χ0) is 22.7. The van der Waals surface area contributed by atoms with E-state index in [9.17, 15) is 4.79 Å². The zero-order valence-electron chi connectivity index (χ0n) is 21.0. The maximum absolute atomic E-state index is 13.5. The van der Waals surface area contributed by atoms with Crippen LogP contribution in [0.2, 0.25) is 0 Å². The van der Waals surface area contributed by atoms with Gasteiger partial charge in [0.15, 0.2) is 11.5 Å². The van der Waals surface area contributed by atoms with Gasteiger partial charge in [-0.05, 0) is 106 Å². The Morgan fingerprint density at radius 1 is 1.09 bits per heavy atom. The second kappa shape index (κ2) is 8.17. The molecule has 8 atom stereocenters. The van der Waals surface area contributed by atoms with Crippen LogP contribution in [-0.4, -0.2) is 21.7 Å². The molecule has 0 spiro atoms. The number of aromatic nitrogens is 2. The summed E-state index contributed by atoms with van der Waals surface area (Å²) < 4.78 is 7.52. The molecule has 4 aliphatic carbocycles. The van der Waals surface area contributed by atoms with Crippen molar-refractivity contribution < 1.29 is 9.53 Å². The van der Waals surface area contributed by atoms with Gasteiger partial charge in [0.2, 0.25) is 0 Å². The average molecular weight is 441 g/mol. The van der Waals surface area contributed by atoms with Gasteiger partial charge in [0.25, 0.3) is 0 Å². The van der Waals surface area contributed by atoms with Crippen molar-refractivity contribution in [3.05, 3.63) is 12.4 Å². The molecule has 5 rings (SSSR count). The standard InChI is InChI=1S/C28H44N2O2/c1-18(2)32-21-15-29-30(16-21)17-26(31)25-9-8-23-22-7-6-20-14-19(3)10-12-27(20,4)24(22)11-13-28(23,25)5/h15-16,18-20,22-25H,6-14,17H2,1-5H3. The highest BCUT2D eigenvalue weighted by molar-refractivity contribution is 5.82. The number of carbonyl (C=O) groups is 1. The molecule has 0 saturated heterocycles.